The summed E-state index contributed by atoms with van der Waals surface area (Å²) in [4.78, 5) is 14.3. The van der Waals surface area contributed by atoms with E-state index in [0.29, 0.717) is 17.8 Å². The summed E-state index contributed by atoms with van der Waals surface area (Å²) in [5.74, 6) is -0.128. The van der Waals surface area contributed by atoms with Gasteiger partial charge in [0, 0.05) is 17.8 Å². The second-order valence-electron chi connectivity index (χ2n) is 5.22. The van der Waals surface area contributed by atoms with Crippen LogP contribution in [0, 0.1) is 0 Å². The van der Waals surface area contributed by atoms with Crippen molar-refractivity contribution in [1.29, 1.82) is 0 Å². The molecule has 0 aliphatic carbocycles. The Bertz CT molecular complexity index is 581. The number of nitrogens with zero attached hydrogens (tertiary/aromatic N) is 1. The molecule has 1 amide bonds. The molecule has 7 heteroatoms. The highest BCUT2D eigenvalue weighted by Crippen LogP contribution is 2.11. The van der Waals surface area contributed by atoms with Crippen LogP contribution in [0.5, 0.6) is 0 Å². The molecule has 0 unspecified atom stereocenters. The lowest BCUT2D eigenvalue weighted by Crippen LogP contribution is -2.29. The fourth-order valence-corrected chi connectivity index (χ4v) is 2.73. The quantitative estimate of drug-likeness (QED) is 0.637. The molecule has 6 nitrogen and oxygen atoms in total. The van der Waals surface area contributed by atoms with Crippen LogP contribution in [-0.4, -0.2) is 51.2 Å². The summed E-state index contributed by atoms with van der Waals surface area (Å²) in [6.07, 6.45) is 0.905. The van der Waals surface area contributed by atoms with Crippen molar-refractivity contribution in [3.8, 4) is 0 Å². The molecule has 130 valence electrons. The Kier molecular flexibility index (Phi) is 8.05. The van der Waals surface area contributed by atoms with Crippen LogP contribution >= 0.6 is 0 Å². The van der Waals surface area contributed by atoms with E-state index in [-0.39, 0.29) is 11.7 Å². The lowest BCUT2D eigenvalue weighted by atomic mass is 10.2. The molecule has 0 heterocycles. The van der Waals surface area contributed by atoms with E-state index in [2.05, 4.69) is 28.8 Å². The lowest BCUT2D eigenvalue weighted by Gasteiger charge is -2.17. The van der Waals surface area contributed by atoms with Crippen LogP contribution < -0.4 is 10.0 Å². The summed E-state index contributed by atoms with van der Waals surface area (Å²) < 4.78 is 25.4. The monoisotopic (exact) mass is 341 g/mol. The van der Waals surface area contributed by atoms with E-state index in [9.17, 15) is 13.2 Å². The average molecular weight is 341 g/mol. The van der Waals surface area contributed by atoms with Gasteiger partial charge in [-0.2, -0.15) is 0 Å². The summed E-state index contributed by atoms with van der Waals surface area (Å²) in [6, 6.07) is 6.43. The largest absolute Gasteiger partial charge is 0.352 e. The molecule has 1 rings (SSSR count). The minimum atomic E-state index is -3.29. The van der Waals surface area contributed by atoms with Crippen LogP contribution in [0.15, 0.2) is 24.3 Å². The summed E-state index contributed by atoms with van der Waals surface area (Å²) in [6.45, 7) is 9.43. The van der Waals surface area contributed by atoms with Gasteiger partial charge < -0.3 is 10.2 Å². The highest BCUT2D eigenvalue weighted by Gasteiger charge is 2.08. The van der Waals surface area contributed by atoms with E-state index < -0.39 is 10.0 Å². The van der Waals surface area contributed by atoms with Gasteiger partial charge in [0.25, 0.3) is 5.91 Å². The second-order valence-corrected chi connectivity index (χ2v) is 7.23. The number of carbonyl (C=O) groups is 1. The Morgan fingerprint density at radius 2 is 1.70 bits per heavy atom. The Morgan fingerprint density at radius 1 is 1.09 bits per heavy atom. The van der Waals surface area contributed by atoms with Crippen molar-refractivity contribution in [1.82, 2.24) is 10.2 Å². The predicted octanol–water partition coefficient (Wildman–Crippen LogP) is 1.91. The smallest absolute Gasteiger partial charge is 0.251 e. The van der Waals surface area contributed by atoms with E-state index in [1.165, 1.54) is 0 Å². The fourth-order valence-electron chi connectivity index (χ4n) is 2.09. The molecule has 0 aliphatic heterocycles. The number of sulfonamides is 1. The van der Waals surface area contributed by atoms with Gasteiger partial charge >= 0.3 is 0 Å². The van der Waals surface area contributed by atoms with Crippen molar-refractivity contribution >= 4 is 21.6 Å². The topological polar surface area (TPSA) is 78.5 Å². The van der Waals surface area contributed by atoms with Crippen LogP contribution in [0.4, 0.5) is 5.69 Å². The number of nitrogens with one attached hydrogen (secondary N) is 2. The Labute approximate surface area is 139 Å². The lowest BCUT2D eigenvalue weighted by molar-refractivity contribution is 0.0952. The Balaban J connectivity index is 2.45. The molecule has 1 aromatic carbocycles. The SMILES string of the molecule is CCN(CC)CCCNC(=O)c1ccc(NS(=O)(=O)CC)cc1. The normalized spacial score (nSPS) is 11.5. The third kappa shape index (κ3) is 7.00. The fraction of sp³-hybridized carbons (Fsp3) is 0.562. The highest BCUT2D eigenvalue weighted by atomic mass is 32.2. The van der Waals surface area contributed by atoms with Gasteiger partial charge in [-0.05, 0) is 57.2 Å². The van der Waals surface area contributed by atoms with E-state index >= 15 is 0 Å². The first-order valence-corrected chi connectivity index (χ1v) is 9.68. The second kappa shape index (κ2) is 9.52. The van der Waals surface area contributed by atoms with Gasteiger partial charge in [-0.1, -0.05) is 13.8 Å². The molecule has 0 aliphatic rings. The van der Waals surface area contributed by atoms with Crippen molar-refractivity contribution in [2.45, 2.75) is 27.2 Å². The zero-order valence-corrected chi connectivity index (χ0v) is 14.9. The molecule has 1 aromatic rings. The van der Waals surface area contributed by atoms with Gasteiger partial charge in [-0.25, -0.2) is 8.42 Å². The molecular weight excluding hydrogens is 314 g/mol. The maximum atomic E-state index is 12.0. The van der Waals surface area contributed by atoms with Crippen molar-refractivity contribution < 1.29 is 13.2 Å². The van der Waals surface area contributed by atoms with E-state index in [1.54, 1.807) is 31.2 Å². The Morgan fingerprint density at radius 3 is 2.22 bits per heavy atom. The summed E-state index contributed by atoms with van der Waals surface area (Å²) in [5, 5.41) is 2.88. The van der Waals surface area contributed by atoms with Crippen molar-refractivity contribution in [2.24, 2.45) is 0 Å². The zero-order chi connectivity index (χ0) is 17.3. The third-order valence-corrected chi connectivity index (χ3v) is 4.94. The van der Waals surface area contributed by atoms with Crippen LogP contribution in [0.1, 0.15) is 37.6 Å². The summed E-state index contributed by atoms with van der Waals surface area (Å²) in [7, 11) is -3.29. The van der Waals surface area contributed by atoms with Crippen molar-refractivity contribution in [2.75, 3.05) is 36.7 Å². The zero-order valence-electron chi connectivity index (χ0n) is 14.1. The molecule has 23 heavy (non-hydrogen) atoms. The van der Waals surface area contributed by atoms with E-state index in [4.69, 9.17) is 0 Å². The number of hydrogen-bond acceptors (Lipinski definition) is 4. The average Bonchev–Trinajstić information content (AvgIpc) is 2.55. The molecule has 0 radical (unpaired) electrons. The van der Waals surface area contributed by atoms with Gasteiger partial charge in [-0.15, -0.1) is 0 Å². The minimum Gasteiger partial charge on any atom is -0.352 e. The van der Waals surface area contributed by atoms with Gasteiger partial charge in [-0.3, -0.25) is 9.52 Å². The number of benzene rings is 1. The third-order valence-electron chi connectivity index (χ3n) is 3.63. The minimum absolute atomic E-state index is 0.0157. The maximum absolute atomic E-state index is 12.0. The van der Waals surface area contributed by atoms with E-state index in [0.717, 1.165) is 26.1 Å². The van der Waals surface area contributed by atoms with Gasteiger partial charge in [0.2, 0.25) is 10.0 Å². The number of amides is 1. The molecule has 0 saturated carbocycles. The van der Waals surface area contributed by atoms with Gasteiger partial charge in [0.1, 0.15) is 0 Å². The van der Waals surface area contributed by atoms with Gasteiger partial charge in [0.15, 0.2) is 0 Å². The van der Waals surface area contributed by atoms with Crippen molar-refractivity contribution in [3.05, 3.63) is 29.8 Å². The number of carbonyl (C=O) groups excluding carboxylic acids is 1. The molecule has 0 aromatic heterocycles. The van der Waals surface area contributed by atoms with Gasteiger partial charge in [0.05, 0.1) is 5.75 Å². The van der Waals surface area contributed by atoms with Crippen LogP contribution in [0.25, 0.3) is 0 Å². The molecule has 0 saturated heterocycles. The number of rotatable bonds is 10. The molecule has 0 fully saturated rings. The standard InChI is InChI=1S/C16H27N3O3S/c1-4-19(5-2)13-7-12-17-16(20)14-8-10-15(11-9-14)18-23(21,22)6-3/h8-11,18H,4-7,12-13H2,1-3H3,(H,17,20). The first-order valence-electron chi connectivity index (χ1n) is 8.03. The highest BCUT2D eigenvalue weighted by molar-refractivity contribution is 7.92. The first kappa shape index (κ1) is 19.4. The first-order chi connectivity index (χ1) is 10.9. The van der Waals surface area contributed by atoms with Crippen LogP contribution in [-0.2, 0) is 10.0 Å². The predicted molar refractivity (Wildman–Crippen MR) is 94.3 cm³/mol. The molecular formula is C16H27N3O3S. The summed E-state index contributed by atoms with van der Waals surface area (Å²) >= 11 is 0. The number of anilines is 1. The van der Waals surface area contributed by atoms with Crippen molar-refractivity contribution in [3.63, 3.8) is 0 Å². The summed E-state index contributed by atoms with van der Waals surface area (Å²) in [5.41, 5.74) is 0.984. The Hall–Kier alpha value is -1.60. The molecule has 0 atom stereocenters. The number of hydrogen-bond donors (Lipinski definition) is 2. The molecule has 0 bridgehead atoms. The molecule has 0 spiro atoms. The van der Waals surface area contributed by atoms with Crippen LogP contribution in [0.2, 0.25) is 0 Å². The maximum Gasteiger partial charge on any atom is 0.251 e. The van der Waals surface area contributed by atoms with E-state index in [1.807, 2.05) is 0 Å². The van der Waals surface area contributed by atoms with Crippen LogP contribution in [0.3, 0.4) is 0 Å². The molecule has 2 N–H and O–H groups in total.